The van der Waals surface area contributed by atoms with Crippen LogP contribution >= 0.6 is 11.3 Å². The minimum Gasteiger partial charge on any atom is -0.493 e. The molecule has 180 valence electrons. The van der Waals surface area contributed by atoms with Gasteiger partial charge in [-0.05, 0) is 66.1 Å². The van der Waals surface area contributed by atoms with Crippen LogP contribution in [0.25, 0.3) is 16.8 Å². The summed E-state index contributed by atoms with van der Waals surface area (Å²) >= 11 is 1.24. The average Bonchev–Trinajstić information content (AvgIpc) is 3.31. The number of aromatic nitrogens is 3. The third kappa shape index (κ3) is 4.56. The fourth-order valence-corrected chi connectivity index (χ4v) is 4.68. The van der Waals surface area contributed by atoms with E-state index in [9.17, 15) is 9.59 Å². The summed E-state index contributed by atoms with van der Waals surface area (Å²) in [5, 5.41) is 12.2. The highest BCUT2D eigenvalue weighted by Gasteiger charge is 2.13. The van der Waals surface area contributed by atoms with E-state index in [-0.39, 0.29) is 16.5 Å². The first-order chi connectivity index (χ1) is 17.4. The van der Waals surface area contributed by atoms with Crippen molar-refractivity contribution in [1.82, 2.24) is 14.8 Å². The van der Waals surface area contributed by atoms with Gasteiger partial charge in [0, 0.05) is 5.57 Å². The van der Waals surface area contributed by atoms with E-state index in [1.807, 2.05) is 31.2 Å². The molecule has 0 amide bonds. The van der Waals surface area contributed by atoms with Gasteiger partial charge in [0.2, 0.25) is 5.13 Å². The molecule has 1 aliphatic carbocycles. The molecule has 9 heteroatoms. The Morgan fingerprint density at radius 2 is 1.86 bits per heavy atom. The number of allylic oxidation sites excluding steroid dienone is 4. The summed E-state index contributed by atoms with van der Waals surface area (Å²) in [6.07, 6.45) is 7.91. The molecule has 0 aromatic heterocycles. The zero-order valence-electron chi connectivity index (χ0n) is 19.6. The Balaban J connectivity index is 1.52. The number of aryl methyl sites for hydroxylation is 1. The topological polar surface area (TPSA) is 110 Å². The molecule has 8 nitrogen and oxygen atoms in total. The summed E-state index contributed by atoms with van der Waals surface area (Å²) in [4.78, 5) is 28.3. The summed E-state index contributed by atoms with van der Waals surface area (Å²) < 4.78 is 13.6. The van der Waals surface area contributed by atoms with Gasteiger partial charge in [-0.1, -0.05) is 41.7 Å². The molecule has 5 rings (SSSR count). The number of benzene rings is 2. The summed E-state index contributed by atoms with van der Waals surface area (Å²) in [5.74, 6) is 1.01. The third-order valence-corrected chi connectivity index (χ3v) is 6.75. The fraction of sp³-hybridized carbons (Fsp3) is 0.111. The van der Waals surface area contributed by atoms with Gasteiger partial charge in [0.15, 0.2) is 22.8 Å². The molecule has 0 atom stereocenters. The Bertz CT molecular complexity index is 1740. The highest BCUT2D eigenvalue weighted by molar-refractivity contribution is 7.11. The molecule has 0 saturated carbocycles. The van der Waals surface area contributed by atoms with Gasteiger partial charge < -0.3 is 9.47 Å². The lowest BCUT2D eigenvalue weighted by Crippen LogP contribution is -2.47. The van der Waals surface area contributed by atoms with Crippen molar-refractivity contribution in [3.63, 3.8) is 0 Å². The van der Waals surface area contributed by atoms with Crippen LogP contribution in [0.5, 0.6) is 11.5 Å². The lowest BCUT2D eigenvalue weighted by Gasteiger charge is -2.12. The van der Waals surface area contributed by atoms with Gasteiger partial charge in [0.05, 0.1) is 12.3 Å². The number of carbonyl (C=O) groups is 1. The second-order valence-electron chi connectivity index (χ2n) is 8.13. The van der Waals surface area contributed by atoms with Crippen LogP contribution in [0.4, 0.5) is 0 Å². The van der Waals surface area contributed by atoms with Gasteiger partial charge in [-0.15, -0.1) is 0 Å². The van der Waals surface area contributed by atoms with Crippen LogP contribution < -0.4 is 30.4 Å². The van der Waals surface area contributed by atoms with Crippen LogP contribution in [0, 0.1) is 12.3 Å². The summed E-state index contributed by atoms with van der Waals surface area (Å²) in [5.41, 5.74) is 3.14. The number of carbonyl (C=O) groups excluding carboxylic acids is 1. The molecule has 2 heterocycles. The van der Waals surface area contributed by atoms with E-state index in [0.717, 1.165) is 16.7 Å². The van der Waals surface area contributed by atoms with Crippen LogP contribution in [0.3, 0.4) is 0 Å². The molecule has 2 N–H and O–H groups in total. The van der Waals surface area contributed by atoms with Crippen molar-refractivity contribution in [1.29, 1.82) is 5.41 Å². The van der Waals surface area contributed by atoms with Crippen molar-refractivity contribution in [2.24, 2.45) is 0 Å². The van der Waals surface area contributed by atoms with E-state index >= 15 is 0 Å². The van der Waals surface area contributed by atoms with Crippen LogP contribution in [0.15, 0.2) is 71.6 Å². The maximum absolute atomic E-state index is 12.8. The van der Waals surface area contributed by atoms with Gasteiger partial charge in [0.1, 0.15) is 11.3 Å². The number of ether oxygens (including phenoxy) is 2. The molecule has 0 radical (unpaired) electrons. The van der Waals surface area contributed by atoms with Crippen LogP contribution in [-0.2, 0) is 11.4 Å². The van der Waals surface area contributed by atoms with Crippen molar-refractivity contribution in [2.75, 3.05) is 7.11 Å². The Kier molecular flexibility index (Phi) is 6.22. The Labute approximate surface area is 209 Å². The second kappa shape index (κ2) is 9.63. The Morgan fingerprint density at radius 1 is 1.08 bits per heavy atom. The van der Waals surface area contributed by atoms with Crippen molar-refractivity contribution in [2.45, 2.75) is 13.5 Å². The molecular formula is C27H22N4O4S. The van der Waals surface area contributed by atoms with Crippen molar-refractivity contribution >= 4 is 28.8 Å². The van der Waals surface area contributed by atoms with E-state index in [1.54, 1.807) is 43.5 Å². The first-order valence-electron chi connectivity index (χ1n) is 11.1. The monoisotopic (exact) mass is 498 g/mol. The molecule has 2 aliphatic heterocycles. The van der Waals surface area contributed by atoms with Crippen LogP contribution in [0.1, 0.15) is 16.7 Å². The van der Waals surface area contributed by atoms with Gasteiger partial charge in [-0.3, -0.25) is 20.1 Å². The zero-order chi connectivity index (χ0) is 25.2. The number of hydrogen-bond donors (Lipinski definition) is 2. The van der Waals surface area contributed by atoms with Crippen LogP contribution in [-0.4, -0.2) is 27.7 Å². The quantitative estimate of drug-likeness (QED) is 0.438. The molecule has 2 aromatic rings. The van der Waals surface area contributed by atoms with Crippen molar-refractivity contribution in [3.8, 4) is 16.6 Å². The normalized spacial score (nSPS) is 13.6. The average molecular weight is 499 g/mol. The fourth-order valence-electron chi connectivity index (χ4n) is 3.75. The number of ketones is 1. The molecular weight excluding hydrogens is 476 g/mol. The number of nitrogens with zero attached hydrogens (tertiary/aromatic N) is 2. The summed E-state index contributed by atoms with van der Waals surface area (Å²) in [7, 11) is 1.55. The number of hydrogen-bond acceptors (Lipinski definition) is 7. The van der Waals surface area contributed by atoms with Crippen molar-refractivity contribution < 1.29 is 14.3 Å². The summed E-state index contributed by atoms with van der Waals surface area (Å²) in [6.45, 7) is 2.44. The molecule has 3 aliphatic rings. The minimum absolute atomic E-state index is 0.0215. The summed E-state index contributed by atoms with van der Waals surface area (Å²) in [6, 6.07) is 13.3. The molecule has 0 unspecified atom stereocenters. The SMILES string of the molecule is COc1cc(/C=c2/c(=O)nc3sc(=C4C=CC(=O)C=C4)[nH]n-3c2=N)ccc1OCc1ccccc1C. The third-order valence-electron chi connectivity index (χ3n) is 5.76. The van der Waals surface area contributed by atoms with E-state index in [2.05, 4.69) is 10.1 Å². The number of rotatable bonds is 5. The number of nitrogens with one attached hydrogen (secondary N) is 2. The first-order valence-corrected chi connectivity index (χ1v) is 11.9. The predicted molar refractivity (Wildman–Crippen MR) is 137 cm³/mol. The smallest absolute Gasteiger partial charge is 0.283 e. The lowest BCUT2D eigenvalue weighted by atomic mass is 10.1. The highest BCUT2D eigenvalue weighted by Crippen LogP contribution is 2.29. The largest absolute Gasteiger partial charge is 0.493 e. The van der Waals surface area contributed by atoms with E-state index in [1.165, 1.54) is 28.2 Å². The maximum atomic E-state index is 12.8. The highest BCUT2D eigenvalue weighted by atomic mass is 32.1. The van der Waals surface area contributed by atoms with Gasteiger partial charge >= 0.3 is 0 Å². The second-order valence-corrected chi connectivity index (χ2v) is 9.11. The lowest BCUT2D eigenvalue weighted by molar-refractivity contribution is -0.110. The number of methoxy groups -OCH3 is 1. The van der Waals surface area contributed by atoms with Crippen LogP contribution in [0.2, 0.25) is 0 Å². The van der Waals surface area contributed by atoms with Gasteiger partial charge in [-0.25, -0.2) is 4.68 Å². The first kappa shape index (κ1) is 23.3. The Hall–Kier alpha value is -4.50. The molecule has 0 spiro atoms. The number of fused-ring (bicyclic) bond motifs is 1. The van der Waals surface area contributed by atoms with Gasteiger partial charge in [0.25, 0.3) is 5.56 Å². The van der Waals surface area contributed by atoms with E-state index < -0.39 is 5.56 Å². The van der Waals surface area contributed by atoms with Gasteiger partial charge in [-0.2, -0.15) is 4.98 Å². The molecule has 0 bridgehead atoms. The standard InChI is InChI=1S/C27H22N4O4S/c1-16-5-3-4-6-19(16)15-35-22-12-7-17(14-23(22)34-2)13-21-24(28)31-27(29-25(21)33)36-26(30-31)18-8-10-20(32)11-9-18/h3-14,28,30H,15H2,1-2H3/b21-13+,28-24?. The van der Waals surface area contributed by atoms with E-state index in [4.69, 9.17) is 14.9 Å². The Morgan fingerprint density at radius 3 is 2.61 bits per heavy atom. The maximum Gasteiger partial charge on any atom is 0.283 e. The zero-order valence-corrected chi connectivity index (χ0v) is 20.4. The predicted octanol–water partition coefficient (Wildman–Crippen LogP) is 2.11. The molecule has 2 aromatic carbocycles. The number of H-pyrrole nitrogens is 1. The molecule has 0 saturated heterocycles. The van der Waals surface area contributed by atoms with E-state index in [0.29, 0.717) is 33.5 Å². The molecule has 36 heavy (non-hydrogen) atoms. The van der Waals surface area contributed by atoms with Crippen molar-refractivity contribution in [3.05, 3.63) is 109 Å². The molecule has 0 fully saturated rings. The minimum atomic E-state index is -0.504. The number of aromatic amines is 1.